The monoisotopic (exact) mass is 284 g/mol. The van der Waals surface area contributed by atoms with Gasteiger partial charge in [0.25, 0.3) is 0 Å². The molecule has 0 spiro atoms. The van der Waals surface area contributed by atoms with E-state index in [1.54, 1.807) is 13.1 Å². The van der Waals surface area contributed by atoms with E-state index in [-0.39, 0.29) is 5.91 Å². The number of carbonyl (C=O) groups is 1. The first kappa shape index (κ1) is 15.2. The predicted octanol–water partition coefficient (Wildman–Crippen LogP) is 2.61. The van der Waals surface area contributed by atoms with Gasteiger partial charge in [-0.25, -0.2) is 0 Å². The predicted molar refractivity (Wildman–Crippen MR) is 81.5 cm³/mol. The van der Waals surface area contributed by atoms with Gasteiger partial charge in [0.05, 0.1) is 6.61 Å². The molecule has 110 valence electrons. The Bertz CT molecular complexity index is 567. The van der Waals surface area contributed by atoms with Crippen LogP contribution in [0.3, 0.4) is 0 Å². The molecule has 0 saturated carbocycles. The third-order valence-corrected chi connectivity index (χ3v) is 3.15. The number of aromatic nitrogens is 1. The second kappa shape index (κ2) is 7.55. The van der Waals surface area contributed by atoms with Crippen molar-refractivity contribution in [2.24, 2.45) is 0 Å². The Morgan fingerprint density at radius 2 is 1.95 bits per heavy atom. The average Bonchev–Trinajstić information content (AvgIpc) is 2.52. The van der Waals surface area contributed by atoms with E-state index in [1.807, 2.05) is 49.4 Å². The summed E-state index contributed by atoms with van der Waals surface area (Å²) in [5.41, 5.74) is 2.99. The normalized spacial score (nSPS) is 11.9. The Balaban J connectivity index is 1.76. The molecule has 1 aromatic heterocycles. The van der Waals surface area contributed by atoms with Crippen molar-refractivity contribution in [3.8, 4) is 0 Å². The van der Waals surface area contributed by atoms with Crippen molar-refractivity contribution in [3.63, 3.8) is 0 Å². The second-order valence-corrected chi connectivity index (χ2v) is 4.96. The van der Waals surface area contributed by atoms with Gasteiger partial charge in [-0.3, -0.25) is 9.78 Å². The highest BCUT2D eigenvalue weighted by Crippen LogP contribution is 2.04. The number of nitrogens with one attached hydrogen (secondary N) is 1. The highest BCUT2D eigenvalue weighted by molar-refractivity contribution is 5.80. The van der Waals surface area contributed by atoms with Crippen LogP contribution < -0.4 is 5.32 Å². The van der Waals surface area contributed by atoms with Crippen LogP contribution in [0.5, 0.6) is 0 Å². The fourth-order valence-corrected chi connectivity index (χ4v) is 1.81. The van der Waals surface area contributed by atoms with Gasteiger partial charge in [-0.2, -0.15) is 0 Å². The summed E-state index contributed by atoms with van der Waals surface area (Å²) in [6, 6.07) is 13.7. The number of nitrogens with zero attached hydrogens (tertiary/aromatic N) is 1. The van der Waals surface area contributed by atoms with E-state index in [1.165, 1.54) is 0 Å². The van der Waals surface area contributed by atoms with E-state index in [9.17, 15) is 4.79 Å². The molecular weight excluding hydrogens is 264 g/mol. The summed E-state index contributed by atoms with van der Waals surface area (Å²) in [5, 5.41) is 2.85. The van der Waals surface area contributed by atoms with Crippen LogP contribution >= 0.6 is 0 Å². The molecule has 0 aliphatic carbocycles. The molecule has 1 heterocycles. The van der Waals surface area contributed by atoms with Gasteiger partial charge in [-0.1, -0.05) is 36.4 Å². The molecular formula is C17H20N2O2. The summed E-state index contributed by atoms with van der Waals surface area (Å²) in [4.78, 5) is 16.1. The summed E-state index contributed by atoms with van der Waals surface area (Å²) >= 11 is 0. The second-order valence-electron chi connectivity index (χ2n) is 4.96. The van der Waals surface area contributed by atoms with Crippen molar-refractivity contribution < 1.29 is 9.53 Å². The average molecular weight is 284 g/mol. The number of aryl methyl sites for hydroxylation is 1. The summed E-state index contributed by atoms with van der Waals surface area (Å²) in [7, 11) is 0. The zero-order valence-corrected chi connectivity index (χ0v) is 12.4. The third-order valence-electron chi connectivity index (χ3n) is 3.15. The first-order valence-electron chi connectivity index (χ1n) is 7.00. The maximum atomic E-state index is 11.9. The lowest BCUT2D eigenvalue weighted by atomic mass is 10.2. The Morgan fingerprint density at radius 1 is 1.19 bits per heavy atom. The molecule has 0 unspecified atom stereocenters. The van der Waals surface area contributed by atoms with Crippen LogP contribution in [0.2, 0.25) is 0 Å². The van der Waals surface area contributed by atoms with Crippen LogP contribution in [0.1, 0.15) is 23.7 Å². The van der Waals surface area contributed by atoms with Gasteiger partial charge in [0.2, 0.25) is 5.91 Å². The number of pyridine rings is 1. The summed E-state index contributed by atoms with van der Waals surface area (Å²) in [6.07, 6.45) is 1.29. The lowest BCUT2D eigenvalue weighted by molar-refractivity contribution is -0.132. The molecule has 21 heavy (non-hydrogen) atoms. The molecule has 2 aromatic rings. The number of hydrogen-bond donors (Lipinski definition) is 1. The van der Waals surface area contributed by atoms with Gasteiger partial charge in [0, 0.05) is 18.4 Å². The van der Waals surface area contributed by atoms with E-state index in [0.29, 0.717) is 13.2 Å². The number of benzene rings is 1. The number of ether oxygens (including phenoxy) is 1. The fraction of sp³-hybridized carbons (Fsp3) is 0.294. The van der Waals surface area contributed by atoms with E-state index < -0.39 is 6.10 Å². The van der Waals surface area contributed by atoms with Crippen LogP contribution in [0, 0.1) is 6.92 Å². The molecule has 1 amide bonds. The number of hydrogen-bond acceptors (Lipinski definition) is 3. The summed E-state index contributed by atoms with van der Waals surface area (Å²) in [6.45, 7) is 4.58. The van der Waals surface area contributed by atoms with Gasteiger partial charge in [-0.05, 0) is 31.0 Å². The number of rotatable bonds is 6. The molecule has 4 nitrogen and oxygen atoms in total. The summed E-state index contributed by atoms with van der Waals surface area (Å²) < 4.78 is 5.57. The smallest absolute Gasteiger partial charge is 0.249 e. The Labute approximate surface area is 125 Å². The Morgan fingerprint density at radius 3 is 2.62 bits per heavy atom. The molecule has 2 rings (SSSR count). The molecule has 0 fully saturated rings. The van der Waals surface area contributed by atoms with Crippen LogP contribution in [-0.4, -0.2) is 17.0 Å². The first-order valence-corrected chi connectivity index (χ1v) is 7.00. The molecule has 1 aromatic carbocycles. The van der Waals surface area contributed by atoms with E-state index in [2.05, 4.69) is 10.3 Å². The molecule has 0 saturated heterocycles. The lowest BCUT2D eigenvalue weighted by Gasteiger charge is -2.13. The molecule has 0 aliphatic rings. The first-order chi connectivity index (χ1) is 10.1. The Hall–Kier alpha value is -2.20. The molecule has 0 aliphatic heterocycles. The SMILES string of the molecule is Cc1ccc(CNC(=O)[C@@H](C)OCc2ccccc2)cn1. The van der Waals surface area contributed by atoms with Gasteiger partial charge in [0.1, 0.15) is 6.10 Å². The number of carbonyl (C=O) groups excluding carboxylic acids is 1. The minimum absolute atomic E-state index is 0.119. The van der Waals surface area contributed by atoms with Crippen molar-refractivity contribution in [1.29, 1.82) is 0 Å². The van der Waals surface area contributed by atoms with Crippen molar-refractivity contribution in [1.82, 2.24) is 10.3 Å². The highest BCUT2D eigenvalue weighted by Gasteiger charge is 2.12. The van der Waals surface area contributed by atoms with Crippen molar-refractivity contribution in [3.05, 3.63) is 65.5 Å². The molecule has 4 heteroatoms. The lowest BCUT2D eigenvalue weighted by Crippen LogP contribution is -2.34. The largest absolute Gasteiger partial charge is 0.364 e. The van der Waals surface area contributed by atoms with Gasteiger partial charge in [0.15, 0.2) is 0 Å². The van der Waals surface area contributed by atoms with Gasteiger partial charge < -0.3 is 10.1 Å². The standard InChI is InChI=1S/C17H20N2O2/c1-13-8-9-16(10-18-13)11-19-17(20)14(2)21-12-15-6-4-3-5-7-15/h3-10,14H,11-12H2,1-2H3,(H,19,20)/t14-/m1/s1. The third kappa shape index (κ3) is 5.00. The van der Waals surface area contributed by atoms with Crippen LogP contribution in [0.15, 0.2) is 48.7 Å². The fourth-order valence-electron chi connectivity index (χ4n) is 1.81. The van der Waals surface area contributed by atoms with Crippen LogP contribution in [0.4, 0.5) is 0 Å². The topological polar surface area (TPSA) is 51.2 Å². The summed E-state index contributed by atoms with van der Waals surface area (Å²) in [5.74, 6) is -0.119. The molecule has 0 bridgehead atoms. The van der Waals surface area contributed by atoms with Gasteiger partial charge >= 0.3 is 0 Å². The maximum absolute atomic E-state index is 11.9. The molecule has 1 N–H and O–H groups in total. The highest BCUT2D eigenvalue weighted by atomic mass is 16.5. The van der Waals surface area contributed by atoms with E-state index in [0.717, 1.165) is 16.8 Å². The Kier molecular flexibility index (Phi) is 5.46. The van der Waals surface area contributed by atoms with Crippen molar-refractivity contribution in [2.75, 3.05) is 0 Å². The minimum Gasteiger partial charge on any atom is -0.364 e. The zero-order chi connectivity index (χ0) is 15.1. The number of amides is 1. The van der Waals surface area contributed by atoms with Crippen molar-refractivity contribution >= 4 is 5.91 Å². The quantitative estimate of drug-likeness (QED) is 0.887. The van der Waals surface area contributed by atoms with Crippen LogP contribution in [-0.2, 0) is 22.7 Å². The van der Waals surface area contributed by atoms with Crippen LogP contribution in [0.25, 0.3) is 0 Å². The zero-order valence-electron chi connectivity index (χ0n) is 12.4. The van der Waals surface area contributed by atoms with E-state index >= 15 is 0 Å². The minimum atomic E-state index is -0.483. The van der Waals surface area contributed by atoms with Gasteiger partial charge in [-0.15, -0.1) is 0 Å². The molecule has 1 atom stereocenters. The maximum Gasteiger partial charge on any atom is 0.249 e. The van der Waals surface area contributed by atoms with Crippen molar-refractivity contribution in [2.45, 2.75) is 33.1 Å². The molecule has 0 radical (unpaired) electrons. The van der Waals surface area contributed by atoms with E-state index in [4.69, 9.17) is 4.74 Å².